The van der Waals surface area contributed by atoms with E-state index in [1.165, 1.54) is 12.3 Å². The summed E-state index contributed by atoms with van der Waals surface area (Å²) in [5.41, 5.74) is -1.81. The summed E-state index contributed by atoms with van der Waals surface area (Å²) in [4.78, 5) is 33.9. The molecule has 0 saturated heterocycles. The van der Waals surface area contributed by atoms with E-state index in [9.17, 15) is 22.4 Å². The number of sulfone groups is 1. The molecular weight excluding hydrogens is 375 g/mol. The van der Waals surface area contributed by atoms with E-state index in [0.717, 1.165) is 16.9 Å². The molecule has 0 amide bonds. The Morgan fingerprint density at radius 1 is 1.32 bits per heavy atom. The molecular formula is C14H10ClFN4O4S. The monoisotopic (exact) mass is 384 g/mol. The molecule has 0 radical (unpaired) electrons. The molecule has 0 aliphatic heterocycles. The fourth-order valence-electron chi connectivity index (χ4n) is 2.39. The summed E-state index contributed by atoms with van der Waals surface area (Å²) in [7, 11) is -3.82. The van der Waals surface area contributed by atoms with Crippen molar-refractivity contribution in [2.75, 3.05) is 6.26 Å². The molecule has 11 heteroatoms. The summed E-state index contributed by atoms with van der Waals surface area (Å²) >= 11 is 5.67. The number of hydrogen-bond acceptors (Lipinski definition) is 6. The van der Waals surface area contributed by atoms with Gasteiger partial charge in [-0.05, 0) is 24.6 Å². The number of hydrogen-bond donors (Lipinski definition) is 1. The Hall–Kier alpha value is -2.59. The van der Waals surface area contributed by atoms with E-state index in [4.69, 9.17) is 11.6 Å². The van der Waals surface area contributed by atoms with Gasteiger partial charge in [0.05, 0.1) is 11.1 Å². The largest absolute Gasteiger partial charge is 0.334 e. The van der Waals surface area contributed by atoms with E-state index < -0.39 is 32.1 Å². The van der Waals surface area contributed by atoms with Gasteiger partial charge in [-0.3, -0.25) is 9.78 Å². The van der Waals surface area contributed by atoms with E-state index >= 15 is 0 Å². The molecule has 1 N–H and O–H groups in total. The van der Waals surface area contributed by atoms with Crippen molar-refractivity contribution in [2.24, 2.45) is 0 Å². The van der Waals surface area contributed by atoms with Gasteiger partial charge in [0.15, 0.2) is 31.5 Å². The van der Waals surface area contributed by atoms with Gasteiger partial charge in [0.1, 0.15) is 0 Å². The molecule has 8 nitrogen and oxygen atoms in total. The van der Waals surface area contributed by atoms with E-state index in [1.54, 1.807) is 6.92 Å². The Kier molecular flexibility index (Phi) is 3.96. The van der Waals surface area contributed by atoms with Gasteiger partial charge in [-0.2, -0.15) is 0 Å². The van der Waals surface area contributed by atoms with Crippen molar-refractivity contribution in [3.63, 3.8) is 0 Å². The second-order valence-electron chi connectivity index (χ2n) is 5.28. The molecule has 0 atom stereocenters. The maximum absolute atomic E-state index is 13.7. The van der Waals surface area contributed by atoms with Crippen molar-refractivity contribution in [1.29, 1.82) is 0 Å². The summed E-state index contributed by atoms with van der Waals surface area (Å²) in [5.74, 6) is -0.948. The number of rotatable bonds is 2. The van der Waals surface area contributed by atoms with Gasteiger partial charge >= 0.3 is 5.69 Å². The highest BCUT2D eigenvalue weighted by Gasteiger charge is 2.23. The Balaban J connectivity index is 2.62. The second-order valence-corrected chi connectivity index (χ2v) is 7.57. The average Bonchev–Trinajstić information content (AvgIpc) is 2.50. The second kappa shape index (κ2) is 5.74. The van der Waals surface area contributed by atoms with Crippen LogP contribution in [0, 0.1) is 12.7 Å². The first-order valence-corrected chi connectivity index (χ1v) is 9.05. The molecule has 3 aromatic heterocycles. The SMILES string of the molecule is Cc1ccnc(S(C)(=O)=O)c1-n1c(=O)[nH]c(=O)c2cc(F)c(Cl)nc21. The predicted molar refractivity (Wildman–Crippen MR) is 88.6 cm³/mol. The quantitative estimate of drug-likeness (QED) is 0.658. The van der Waals surface area contributed by atoms with Crippen LogP contribution in [0.25, 0.3) is 16.7 Å². The van der Waals surface area contributed by atoms with Crippen LogP contribution in [0.5, 0.6) is 0 Å². The third kappa shape index (κ3) is 2.83. The molecule has 0 spiro atoms. The van der Waals surface area contributed by atoms with Crippen molar-refractivity contribution < 1.29 is 12.8 Å². The molecule has 25 heavy (non-hydrogen) atoms. The van der Waals surface area contributed by atoms with Crippen LogP contribution >= 0.6 is 11.6 Å². The van der Waals surface area contributed by atoms with Crippen molar-refractivity contribution >= 4 is 32.5 Å². The Labute approximate surface area is 144 Å². The van der Waals surface area contributed by atoms with Crippen molar-refractivity contribution in [1.82, 2.24) is 19.5 Å². The van der Waals surface area contributed by atoms with Crippen LogP contribution in [-0.2, 0) is 9.84 Å². The summed E-state index contributed by atoms with van der Waals surface area (Å²) in [5, 5.41) is -1.21. The number of fused-ring (bicyclic) bond motifs is 1. The van der Waals surface area contributed by atoms with Gasteiger partial charge < -0.3 is 0 Å². The van der Waals surface area contributed by atoms with E-state index in [0.29, 0.717) is 5.56 Å². The van der Waals surface area contributed by atoms with Gasteiger partial charge in [-0.1, -0.05) is 11.6 Å². The van der Waals surface area contributed by atoms with Crippen LogP contribution < -0.4 is 11.2 Å². The number of nitrogens with one attached hydrogen (secondary N) is 1. The topological polar surface area (TPSA) is 115 Å². The van der Waals surface area contributed by atoms with Crippen LogP contribution in [0.2, 0.25) is 5.15 Å². The maximum Gasteiger partial charge on any atom is 0.334 e. The standard InChI is InChI=1S/C14H10ClFN4O4S/c1-6-3-4-17-13(25(2,23)24)9(6)20-11-7(12(21)19-14(20)22)5-8(16)10(15)18-11/h3-5H,1-2H3,(H,19,21,22). The smallest absolute Gasteiger partial charge is 0.273 e. The zero-order valence-corrected chi connectivity index (χ0v) is 14.4. The number of aromatic nitrogens is 4. The highest BCUT2D eigenvalue weighted by molar-refractivity contribution is 7.90. The van der Waals surface area contributed by atoms with Crippen molar-refractivity contribution in [3.8, 4) is 5.69 Å². The zero-order valence-electron chi connectivity index (χ0n) is 12.9. The van der Waals surface area contributed by atoms with Gasteiger partial charge in [0.2, 0.25) is 0 Å². The molecule has 0 saturated carbocycles. The molecule has 0 unspecified atom stereocenters. The molecule has 3 rings (SSSR count). The first-order valence-electron chi connectivity index (χ1n) is 6.78. The Bertz CT molecular complexity index is 1250. The molecule has 0 bridgehead atoms. The summed E-state index contributed by atoms with van der Waals surface area (Å²) < 4.78 is 38.6. The van der Waals surface area contributed by atoms with Crippen LogP contribution in [0.3, 0.4) is 0 Å². The lowest BCUT2D eigenvalue weighted by Gasteiger charge is -2.14. The zero-order chi connectivity index (χ0) is 18.5. The molecule has 0 aromatic carbocycles. The minimum atomic E-state index is -3.82. The minimum Gasteiger partial charge on any atom is -0.273 e. The van der Waals surface area contributed by atoms with Crippen LogP contribution in [0.15, 0.2) is 32.9 Å². The van der Waals surface area contributed by atoms with Crippen molar-refractivity contribution in [2.45, 2.75) is 11.9 Å². The lowest BCUT2D eigenvalue weighted by molar-refractivity contribution is 0.597. The normalized spacial score (nSPS) is 11.8. The van der Waals surface area contributed by atoms with Gasteiger partial charge in [-0.25, -0.2) is 32.1 Å². The average molecular weight is 385 g/mol. The van der Waals surface area contributed by atoms with E-state index in [2.05, 4.69) is 9.97 Å². The number of nitrogens with zero attached hydrogens (tertiary/aromatic N) is 3. The highest BCUT2D eigenvalue weighted by Crippen LogP contribution is 2.24. The maximum atomic E-state index is 13.7. The third-order valence-corrected chi connectivity index (χ3v) is 4.73. The van der Waals surface area contributed by atoms with E-state index in [1.807, 2.05) is 4.98 Å². The fourth-order valence-corrected chi connectivity index (χ4v) is 3.38. The fraction of sp³-hybridized carbons (Fsp3) is 0.143. The third-order valence-electron chi connectivity index (χ3n) is 3.46. The molecule has 3 heterocycles. The molecule has 0 aliphatic rings. The Morgan fingerprint density at radius 2 is 2.00 bits per heavy atom. The summed E-state index contributed by atoms with van der Waals surface area (Å²) in [6.45, 7) is 1.56. The number of pyridine rings is 2. The highest BCUT2D eigenvalue weighted by atomic mass is 35.5. The number of halogens is 2. The Morgan fingerprint density at radius 3 is 2.64 bits per heavy atom. The number of aromatic amines is 1. The minimum absolute atomic E-state index is 0.0913. The first kappa shape index (κ1) is 17.2. The lowest BCUT2D eigenvalue weighted by Crippen LogP contribution is -2.31. The number of aryl methyl sites for hydroxylation is 1. The van der Waals surface area contributed by atoms with E-state index in [-0.39, 0.29) is 21.7 Å². The summed E-state index contributed by atoms with van der Waals surface area (Å²) in [6, 6.07) is 2.31. The first-order chi connectivity index (χ1) is 11.6. The number of H-pyrrole nitrogens is 1. The van der Waals surface area contributed by atoms with Gasteiger partial charge in [0, 0.05) is 12.5 Å². The van der Waals surface area contributed by atoms with Crippen LogP contribution in [0.4, 0.5) is 4.39 Å². The molecule has 0 fully saturated rings. The molecule has 0 aliphatic carbocycles. The van der Waals surface area contributed by atoms with Gasteiger partial charge in [0.25, 0.3) is 5.56 Å². The predicted octanol–water partition coefficient (Wildman–Crippen LogP) is 0.973. The van der Waals surface area contributed by atoms with Crippen LogP contribution in [-0.4, -0.2) is 34.2 Å². The van der Waals surface area contributed by atoms with Crippen LogP contribution in [0.1, 0.15) is 5.56 Å². The van der Waals surface area contributed by atoms with Crippen molar-refractivity contribution in [3.05, 3.63) is 55.7 Å². The molecule has 3 aromatic rings. The molecule has 130 valence electrons. The lowest BCUT2D eigenvalue weighted by atomic mass is 10.2. The van der Waals surface area contributed by atoms with Gasteiger partial charge in [-0.15, -0.1) is 0 Å². The summed E-state index contributed by atoms with van der Waals surface area (Å²) in [6.07, 6.45) is 2.20.